The molecule has 2 N–H and O–H groups in total. The molecule has 0 aliphatic carbocycles. The van der Waals surface area contributed by atoms with Gasteiger partial charge in [-0.25, -0.2) is 13.1 Å². The van der Waals surface area contributed by atoms with Crippen LogP contribution in [0.2, 0.25) is 5.02 Å². The van der Waals surface area contributed by atoms with Crippen LogP contribution in [0.25, 0.3) is 0 Å². The summed E-state index contributed by atoms with van der Waals surface area (Å²) < 4.78 is 31.6. The molecule has 1 aromatic carbocycles. The van der Waals surface area contributed by atoms with Crippen LogP contribution in [0.5, 0.6) is 0 Å². The monoisotopic (exact) mass is 369 g/mol. The molecule has 0 atom stereocenters. The lowest BCUT2D eigenvalue weighted by molar-refractivity contribution is 0.102. The molecule has 128 valence electrons. The zero-order chi connectivity index (χ0) is 17.6. The van der Waals surface area contributed by atoms with Gasteiger partial charge in [-0.1, -0.05) is 11.6 Å². The number of nitrogens with one attached hydrogen (secondary N) is 2. The number of carbonyl (C=O) groups excluding carboxylic acids is 1. The van der Waals surface area contributed by atoms with Crippen LogP contribution in [0.15, 0.2) is 47.6 Å². The number of ether oxygens (including phenoxy) is 1. The van der Waals surface area contributed by atoms with E-state index in [1.807, 2.05) is 0 Å². The van der Waals surface area contributed by atoms with Gasteiger partial charge in [0.2, 0.25) is 10.0 Å². The third-order valence-corrected chi connectivity index (χ3v) is 4.82. The molecular weight excluding hydrogens is 354 g/mol. The fourth-order valence-corrected chi connectivity index (χ4v) is 3.08. The molecule has 0 saturated heterocycles. The molecule has 0 aliphatic heterocycles. The summed E-state index contributed by atoms with van der Waals surface area (Å²) in [6, 6.07) is 7.15. The molecule has 0 fully saturated rings. The van der Waals surface area contributed by atoms with Gasteiger partial charge < -0.3 is 10.1 Å². The highest BCUT2D eigenvalue weighted by molar-refractivity contribution is 7.89. The Balaban J connectivity index is 2.23. The average molecular weight is 370 g/mol. The molecule has 0 radical (unpaired) electrons. The van der Waals surface area contributed by atoms with Crippen LogP contribution >= 0.6 is 11.6 Å². The standard InChI is InChI=1S/C15H16ClN3O4S/c1-23-9-8-18-24(21,22)12-2-3-14(16)13(10-12)15(20)19-11-4-6-17-7-5-11/h2-7,10,18H,8-9H2,1H3,(H,17,19,20). The Morgan fingerprint density at radius 1 is 1.25 bits per heavy atom. The van der Waals surface area contributed by atoms with Gasteiger partial charge in [0.1, 0.15) is 0 Å². The van der Waals surface area contributed by atoms with E-state index in [9.17, 15) is 13.2 Å². The molecule has 7 nitrogen and oxygen atoms in total. The molecule has 9 heteroatoms. The summed E-state index contributed by atoms with van der Waals surface area (Å²) >= 11 is 6.03. The fraction of sp³-hybridized carbons (Fsp3) is 0.200. The number of amides is 1. The lowest BCUT2D eigenvalue weighted by Gasteiger charge is -2.10. The van der Waals surface area contributed by atoms with Gasteiger partial charge in [0.25, 0.3) is 5.91 Å². The van der Waals surface area contributed by atoms with Crippen molar-refractivity contribution < 1.29 is 17.9 Å². The minimum Gasteiger partial charge on any atom is -0.383 e. The van der Waals surface area contributed by atoms with Crippen LogP contribution in [-0.2, 0) is 14.8 Å². The summed E-state index contributed by atoms with van der Waals surface area (Å²) in [4.78, 5) is 16.1. The minimum absolute atomic E-state index is 0.0529. The van der Waals surface area contributed by atoms with Crippen molar-refractivity contribution in [3.05, 3.63) is 53.3 Å². The molecule has 0 bridgehead atoms. The number of sulfonamides is 1. The van der Waals surface area contributed by atoms with Crippen molar-refractivity contribution in [2.24, 2.45) is 0 Å². The van der Waals surface area contributed by atoms with Crippen molar-refractivity contribution >= 4 is 33.2 Å². The molecule has 0 saturated carbocycles. The van der Waals surface area contributed by atoms with Gasteiger partial charge in [0, 0.05) is 31.7 Å². The maximum Gasteiger partial charge on any atom is 0.257 e. The first-order chi connectivity index (χ1) is 11.4. The zero-order valence-electron chi connectivity index (χ0n) is 12.8. The lowest BCUT2D eigenvalue weighted by Crippen LogP contribution is -2.27. The SMILES string of the molecule is COCCNS(=O)(=O)c1ccc(Cl)c(C(=O)Nc2ccncc2)c1. The Morgan fingerprint density at radius 2 is 1.96 bits per heavy atom. The van der Waals surface area contributed by atoms with Crippen LogP contribution in [0.4, 0.5) is 5.69 Å². The third kappa shape index (κ3) is 4.75. The number of carbonyl (C=O) groups is 1. The highest BCUT2D eigenvalue weighted by Crippen LogP contribution is 2.21. The van der Waals surface area contributed by atoms with E-state index in [1.165, 1.54) is 37.7 Å². The van der Waals surface area contributed by atoms with E-state index in [1.54, 1.807) is 12.1 Å². The fourth-order valence-electron chi connectivity index (χ4n) is 1.84. The molecule has 2 rings (SSSR count). The molecule has 1 heterocycles. The van der Waals surface area contributed by atoms with Crippen molar-refractivity contribution in [3.8, 4) is 0 Å². The van der Waals surface area contributed by atoms with Crippen molar-refractivity contribution in [1.82, 2.24) is 9.71 Å². The Labute approximate surface area is 145 Å². The molecule has 0 unspecified atom stereocenters. The minimum atomic E-state index is -3.76. The second-order valence-electron chi connectivity index (χ2n) is 4.72. The maximum atomic E-state index is 12.3. The van der Waals surface area contributed by atoms with E-state index < -0.39 is 15.9 Å². The first-order valence-corrected chi connectivity index (χ1v) is 8.79. The Bertz CT molecular complexity index is 813. The van der Waals surface area contributed by atoms with Crippen molar-refractivity contribution in [3.63, 3.8) is 0 Å². The molecule has 1 amide bonds. The predicted octanol–water partition coefficient (Wildman–Crippen LogP) is 1.91. The van der Waals surface area contributed by atoms with Crippen LogP contribution < -0.4 is 10.0 Å². The summed E-state index contributed by atoms with van der Waals surface area (Å²) in [5.41, 5.74) is 0.584. The van der Waals surface area contributed by atoms with Gasteiger partial charge in [-0.3, -0.25) is 9.78 Å². The smallest absolute Gasteiger partial charge is 0.257 e. The summed E-state index contributed by atoms with van der Waals surface area (Å²) in [7, 11) is -2.29. The number of halogens is 1. The average Bonchev–Trinajstić information content (AvgIpc) is 2.56. The van der Waals surface area contributed by atoms with E-state index in [0.717, 1.165) is 0 Å². The molecule has 2 aromatic rings. The number of rotatable bonds is 7. The molecular formula is C15H16ClN3O4S. The number of pyridine rings is 1. The summed E-state index contributed by atoms with van der Waals surface area (Å²) in [6.07, 6.45) is 3.05. The number of benzene rings is 1. The summed E-state index contributed by atoms with van der Waals surface area (Å²) in [5.74, 6) is -0.514. The van der Waals surface area contributed by atoms with Crippen LogP contribution in [-0.4, -0.2) is 39.6 Å². The maximum absolute atomic E-state index is 12.3. The largest absolute Gasteiger partial charge is 0.383 e. The van der Waals surface area contributed by atoms with Crippen molar-refractivity contribution in [1.29, 1.82) is 0 Å². The molecule has 1 aromatic heterocycles. The van der Waals surface area contributed by atoms with Crippen molar-refractivity contribution in [2.75, 3.05) is 25.6 Å². The first-order valence-electron chi connectivity index (χ1n) is 6.93. The first kappa shape index (κ1) is 18.3. The number of nitrogens with zero attached hydrogens (tertiary/aromatic N) is 1. The zero-order valence-corrected chi connectivity index (χ0v) is 14.4. The van der Waals surface area contributed by atoms with Gasteiger partial charge in [-0.2, -0.15) is 0 Å². The van der Waals surface area contributed by atoms with Crippen LogP contribution in [0.1, 0.15) is 10.4 Å². The lowest BCUT2D eigenvalue weighted by atomic mass is 10.2. The van der Waals surface area contributed by atoms with Gasteiger partial charge in [-0.05, 0) is 30.3 Å². The quantitative estimate of drug-likeness (QED) is 0.726. The van der Waals surface area contributed by atoms with Gasteiger partial charge >= 0.3 is 0 Å². The highest BCUT2D eigenvalue weighted by atomic mass is 35.5. The Hall–Kier alpha value is -2.00. The number of anilines is 1. The Morgan fingerprint density at radius 3 is 2.62 bits per heavy atom. The summed E-state index contributed by atoms with van der Waals surface area (Å²) in [6.45, 7) is 0.363. The van der Waals surface area contributed by atoms with Gasteiger partial charge in [0.15, 0.2) is 0 Å². The second-order valence-corrected chi connectivity index (χ2v) is 6.90. The normalized spacial score (nSPS) is 11.2. The topological polar surface area (TPSA) is 97.4 Å². The highest BCUT2D eigenvalue weighted by Gasteiger charge is 2.18. The van der Waals surface area contributed by atoms with Crippen molar-refractivity contribution in [2.45, 2.75) is 4.90 Å². The van der Waals surface area contributed by atoms with E-state index in [4.69, 9.17) is 16.3 Å². The molecule has 24 heavy (non-hydrogen) atoms. The second kappa shape index (κ2) is 8.20. The number of aromatic nitrogens is 1. The van der Waals surface area contributed by atoms with E-state index >= 15 is 0 Å². The third-order valence-electron chi connectivity index (χ3n) is 3.03. The predicted molar refractivity (Wildman–Crippen MR) is 90.7 cm³/mol. The number of hydrogen-bond acceptors (Lipinski definition) is 5. The van der Waals surface area contributed by atoms with E-state index in [0.29, 0.717) is 5.69 Å². The van der Waals surface area contributed by atoms with Gasteiger partial charge in [-0.15, -0.1) is 0 Å². The Kier molecular flexibility index (Phi) is 6.27. The van der Waals surface area contributed by atoms with E-state index in [-0.39, 0.29) is 28.6 Å². The van der Waals surface area contributed by atoms with E-state index in [2.05, 4.69) is 15.0 Å². The van der Waals surface area contributed by atoms with Crippen LogP contribution in [0, 0.1) is 0 Å². The molecule has 0 aliphatic rings. The number of hydrogen-bond donors (Lipinski definition) is 2. The number of methoxy groups -OCH3 is 1. The van der Waals surface area contributed by atoms with Crippen LogP contribution in [0.3, 0.4) is 0 Å². The van der Waals surface area contributed by atoms with Gasteiger partial charge in [0.05, 0.1) is 22.1 Å². The molecule has 0 spiro atoms. The summed E-state index contributed by atoms with van der Waals surface area (Å²) in [5, 5.41) is 2.78.